The number of aryl methyl sites for hydroxylation is 1. The quantitative estimate of drug-likeness (QED) is 0.125. The molecular formula is C23H32ClN3O2S. The largest absolute Gasteiger partial charge is 0.465 e. The second-order valence-corrected chi connectivity index (χ2v) is 8.85. The summed E-state index contributed by atoms with van der Waals surface area (Å²) in [6, 6.07) is 7.76. The van der Waals surface area contributed by atoms with E-state index in [1.54, 1.807) is 6.07 Å². The Bertz CT molecular complexity index is 832. The third-order valence-corrected chi connectivity index (χ3v) is 6.21. The fourth-order valence-corrected chi connectivity index (χ4v) is 4.30. The molecule has 0 bridgehead atoms. The van der Waals surface area contributed by atoms with E-state index in [4.69, 9.17) is 16.3 Å². The molecule has 0 spiro atoms. The zero-order valence-electron chi connectivity index (χ0n) is 18.3. The molecule has 0 radical (unpaired) electrons. The molecule has 1 aromatic heterocycles. The lowest BCUT2D eigenvalue weighted by Crippen LogP contribution is -2.21. The third-order valence-electron chi connectivity index (χ3n) is 4.91. The summed E-state index contributed by atoms with van der Waals surface area (Å²) in [5.74, 6) is 0.391. The molecule has 1 aromatic carbocycles. The fraction of sp³-hybridized carbons (Fsp3) is 0.522. The molecule has 1 unspecified atom stereocenters. The number of halogens is 1. The molecule has 7 heteroatoms. The number of carbonyl (C=O) groups excluding carboxylic acids is 1. The summed E-state index contributed by atoms with van der Waals surface area (Å²) >= 11 is 7.58. The van der Waals surface area contributed by atoms with Crippen LogP contribution in [0.15, 0.2) is 29.4 Å². The molecule has 0 aliphatic heterocycles. The minimum atomic E-state index is -0.335. The number of unbranched alkanes of at least 4 members (excludes halogenated alkanes) is 4. The van der Waals surface area contributed by atoms with Crippen LogP contribution in [0.1, 0.15) is 63.5 Å². The predicted molar refractivity (Wildman–Crippen MR) is 126 cm³/mol. The van der Waals surface area contributed by atoms with E-state index in [1.807, 2.05) is 19.1 Å². The minimum absolute atomic E-state index is 0.217. The van der Waals surface area contributed by atoms with E-state index in [1.165, 1.54) is 36.6 Å². The van der Waals surface area contributed by atoms with Crippen LogP contribution in [-0.4, -0.2) is 27.8 Å². The van der Waals surface area contributed by atoms with Crippen molar-refractivity contribution >= 4 is 40.8 Å². The molecule has 0 fully saturated rings. The molecule has 164 valence electrons. The maximum absolute atomic E-state index is 12.5. The van der Waals surface area contributed by atoms with Crippen molar-refractivity contribution in [3.8, 4) is 0 Å². The topological polar surface area (TPSA) is 64.1 Å². The Morgan fingerprint density at radius 1 is 1.17 bits per heavy atom. The summed E-state index contributed by atoms with van der Waals surface area (Å²) in [7, 11) is 0. The number of ether oxygens (including phenoxy) is 1. The van der Waals surface area contributed by atoms with Crippen LogP contribution in [0.25, 0.3) is 0 Å². The first-order chi connectivity index (χ1) is 14.4. The van der Waals surface area contributed by atoms with Gasteiger partial charge in [-0.05, 0) is 44.4 Å². The number of hydrogen-bond acceptors (Lipinski definition) is 6. The molecule has 0 aliphatic carbocycles. The van der Waals surface area contributed by atoms with E-state index >= 15 is 0 Å². The number of rotatable bonds is 12. The van der Waals surface area contributed by atoms with Crippen molar-refractivity contribution in [1.29, 1.82) is 0 Å². The molecule has 2 aromatic rings. The Hall–Kier alpha value is -1.79. The van der Waals surface area contributed by atoms with Crippen molar-refractivity contribution in [2.45, 2.75) is 76.6 Å². The van der Waals surface area contributed by atoms with Gasteiger partial charge in [0.25, 0.3) is 0 Å². The SMILES string of the molecule is CCCCCCCC(Sc1nc(Cl)cc(Nc2cccc(C)c2C)n1)C(=O)OCC. The van der Waals surface area contributed by atoms with Crippen LogP contribution < -0.4 is 5.32 Å². The van der Waals surface area contributed by atoms with Crippen LogP contribution in [0.5, 0.6) is 0 Å². The number of benzene rings is 1. The van der Waals surface area contributed by atoms with Crippen LogP contribution in [0, 0.1) is 13.8 Å². The molecule has 0 amide bonds. The van der Waals surface area contributed by atoms with Gasteiger partial charge in [0.1, 0.15) is 16.2 Å². The van der Waals surface area contributed by atoms with Gasteiger partial charge in [0.15, 0.2) is 5.16 Å². The van der Waals surface area contributed by atoms with E-state index < -0.39 is 0 Å². The van der Waals surface area contributed by atoms with Gasteiger partial charge in [-0.25, -0.2) is 9.97 Å². The van der Waals surface area contributed by atoms with Gasteiger partial charge in [-0.15, -0.1) is 0 Å². The highest BCUT2D eigenvalue weighted by atomic mass is 35.5. The number of thioether (sulfide) groups is 1. The molecule has 0 saturated heterocycles. The molecule has 5 nitrogen and oxygen atoms in total. The molecule has 2 rings (SSSR count). The monoisotopic (exact) mass is 449 g/mol. The number of nitrogens with zero attached hydrogens (tertiary/aromatic N) is 2. The maximum atomic E-state index is 12.5. The van der Waals surface area contributed by atoms with Gasteiger partial charge >= 0.3 is 5.97 Å². The molecule has 30 heavy (non-hydrogen) atoms. The Morgan fingerprint density at radius 2 is 1.93 bits per heavy atom. The first kappa shape index (κ1) is 24.5. The van der Waals surface area contributed by atoms with Gasteiger partial charge in [0.2, 0.25) is 0 Å². The summed E-state index contributed by atoms with van der Waals surface area (Å²) in [6.07, 6.45) is 6.44. The number of esters is 1. The predicted octanol–water partition coefficient (Wildman–Crippen LogP) is 6.87. The van der Waals surface area contributed by atoms with E-state index in [9.17, 15) is 4.79 Å². The van der Waals surface area contributed by atoms with Crippen molar-refractivity contribution < 1.29 is 9.53 Å². The fourth-order valence-electron chi connectivity index (χ4n) is 3.06. The normalized spacial score (nSPS) is 11.9. The van der Waals surface area contributed by atoms with Crippen LogP contribution >= 0.6 is 23.4 Å². The van der Waals surface area contributed by atoms with Crippen molar-refractivity contribution in [2.24, 2.45) is 0 Å². The Kier molecular flexibility index (Phi) is 10.4. The summed E-state index contributed by atoms with van der Waals surface area (Å²) in [5.41, 5.74) is 3.32. The Morgan fingerprint density at radius 3 is 2.67 bits per heavy atom. The zero-order valence-corrected chi connectivity index (χ0v) is 19.9. The number of anilines is 2. The van der Waals surface area contributed by atoms with Crippen LogP contribution in [-0.2, 0) is 9.53 Å². The number of aromatic nitrogens is 2. The lowest BCUT2D eigenvalue weighted by atomic mass is 10.1. The van der Waals surface area contributed by atoms with Gasteiger partial charge in [-0.2, -0.15) is 0 Å². The minimum Gasteiger partial charge on any atom is -0.465 e. The van der Waals surface area contributed by atoms with E-state index in [-0.39, 0.29) is 11.2 Å². The maximum Gasteiger partial charge on any atom is 0.319 e. The summed E-state index contributed by atoms with van der Waals surface area (Å²) in [5, 5.41) is 3.80. The number of hydrogen-bond donors (Lipinski definition) is 1. The lowest BCUT2D eigenvalue weighted by molar-refractivity contribution is -0.142. The van der Waals surface area contributed by atoms with E-state index in [2.05, 4.69) is 42.1 Å². The van der Waals surface area contributed by atoms with Gasteiger partial charge in [0, 0.05) is 11.8 Å². The lowest BCUT2D eigenvalue weighted by Gasteiger charge is -2.15. The first-order valence-electron chi connectivity index (χ1n) is 10.7. The van der Waals surface area contributed by atoms with Crippen LogP contribution in [0.4, 0.5) is 11.5 Å². The first-order valence-corrected chi connectivity index (χ1v) is 11.9. The average Bonchev–Trinajstić information content (AvgIpc) is 2.70. The van der Waals surface area contributed by atoms with E-state index in [0.717, 1.165) is 30.5 Å². The van der Waals surface area contributed by atoms with Crippen molar-refractivity contribution in [1.82, 2.24) is 9.97 Å². The molecule has 1 heterocycles. The number of carbonyl (C=O) groups is 1. The summed E-state index contributed by atoms with van der Waals surface area (Å²) in [6.45, 7) is 8.51. The van der Waals surface area contributed by atoms with Gasteiger partial charge in [-0.3, -0.25) is 4.79 Å². The highest BCUT2D eigenvalue weighted by Crippen LogP contribution is 2.29. The molecular weight excluding hydrogens is 418 g/mol. The van der Waals surface area contributed by atoms with E-state index in [0.29, 0.717) is 22.7 Å². The smallest absolute Gasteiger partial charge is 0.319 e. The van der Waals surface area contributed by atoms with Crippen LogP contribution in [0.2, 0.25) is 5.15 Å². The molecule has 0 saturated carbocycles. The summed E-state index contributed by atoms with van der Waals surface area (Å²) < 4.78 is 5.28. The van der Waals surface area contributed by atoms with Gasteiger partial charge in [-0.1, -0.05) is 74.5 Å². The zero-order chi connectivity index (χ0) is 21.9. The highest BCUT2D eigenvalue weighted by molar-refractivity contribution is 8.00. The average molecular weight is 450 g/mol. The Balaban J connectivity index is 2.12. The van der Waals surface area contributed by atoms with Crippen molar-refractivity contribution in [3.63, 3.8) is 0 Å². The summed E-state index contributed by atoms with van der Waals surface area (Å²) in [4.78, 5) is 21.4. The Labute approximate surface area is 189 Å². The second kappa shape index (κ2) is 12.8. The van der Waals surface area contributed by atoms with Gasteiger partial charge in [0.05, 0.1) is 6.61 Å². The van der Waals surface area contributed by atoms with Crippen molar-refractivity contribution in [3.05, 3.63) is 40.5 Å². The highest BCUT2D eigenvalue weighted by Gasteiger charge is 2.23. The van der Waals surface area contributed by atoms with Gasteiger partial charge < -0.3 is 10.1 Å². The molecule has 1 atom stereocenters. The van der Waals surface area contributed by atoms with Crippen LogP contribution in [0.3, 0.4) is 0 Å². The third kappa shape index (κ3) is 7.80. The molecule has 1 N–H and O–H groups in total. The van der Waals surface area contributed by atoms with Crippen molar-refractivity contribution in [2.75, 3.05) is 11.9 Å². The standard InChI is InChI=1S/C23H32ClN3O2S/c1-5-7-8-9-10-14-19(22(28)29-6-2)30-23-26-20(24)15-21(27-23)25-18-13-11-12-16(3)17(18)4/h11-13,15,19H,5-10,14H2,1-4H3,(H,25,26,27). The molecule has 0 aliphatic rings. The number of nitrogens with one attached hydrogen (secondary N) is 1. The second-order valence-electron chi connectivity index (χ2n) is 7.29.